The van der Waals surface area contributed by atoms with Crippen LogP contribution >= 0.6 is 0 Å². The first-order valence-corrected chi connectivity index (χ1v) is 13.4. The zero-order chi connectivity index (χ0) is 29.3. The van der Waals surface area contributed by atoms with Crippen LogP contribution in [0, 0.1) is 0 Å². The number of nitrogens with one attached hydrogen (secondary N) is 2. The number of hydrogen-bond acceptors (Lipinski definition) is 5. The number of alkyl carbamates (subject to hydrolysis) is 1. The van der Waals surface area contributed by atoms with Gasteiger partial charge < -0.3 is 26.0 Å². The summed E-state index contributed by atoms with van der Waals surface area (Å²) in [6.07, 6.45) is 0.0274. The van der Waals surface area contributed by atoms with Gasteiger partial charge in [-0.2, -0.15) is 0 Å². The molecule has 0 aliphatic rings. The molecule has 0 heterocycles. The molecule has 2 atom stereocenters. The standard InChI is InChI=1S/C31H38N4O5/c1-5-6-18-35(29(38)25(20-26(32)36)34-30(39)40-31(2,3)4)27(22-13-8-7-9-14-22)28(37)33-24-17-16-21-12-10-11-15-23(21)19-24/h7-17,19,25,27H,5-6,18,20H2,1-4H3,(H2,32,36)(H,33,37)(H,34,39). The van der Waals surface area contributed by atoms with Crippen molar-refractivity contribution in [2.75, 3.05) is 11.9 Å². The minimum atomic E-state index is -1.32. The second-order valence-electron chi connectivity index (χ2n) is 10.6. The normalized spacial score (nSPS) is 12.7. The van der Waals surface area contributed by atoms with Gasteiger partial charge in [-0.3, -0.25) is 14.4 Å². The number of anilines is 1. The number of benzene rings is 3. The summed E-state index contributed by atoms with van der Waals surface area (Å²) < 4.78 is 5.32. The summed E-state index contributed by atoms with van der Waals surface area (Å²) in [7, 11) is 0. The Kier molecular flexibility index (Phi) is 10.2. The van der Waals surface area contributed by atoms with Gasteiger partial charge >= 0.3 is 6.09 Å². The Morgan fingerprint density at radius 3 is 2.20 bits per heavy atom. The summed E-state index contributed by atoms with van der Waals surface area (Å²) in [5.74, 6) is -1.82. The molecule has 0 fully saturated rings. The molecule has 0 aromatic heterocycles. The highest BCUT2D eigenvalue weighted by atomic mass is 16.6. The third-order valence-electron chi connectivity index (χ3n) is 6.12. The summed E-state index contributed by atoms with van der Waals surface area (Å²) >= 11 is 0. The average Bonchev–Trinajstić information content (AvgIpc) is 2.89. The Morgan fingerprint density at radius 2 is 1.57 bits per heavy atom. The molecule has 3 aromatic carbocycles. The van der Waals surface area contributed by atoms with Crippen LogP contribution in [0.4, 0.5) is 10.5 Å². The molecule has 0 aliphatic heterocycles. The number of carbonyl (C=O) groups excluding carboxylic acids is 4. The van der Waals surface area contributed by atoms with E-state index in [0.717, 1.165) is 17.2 Å². The van der Waals surface area contributed by atoms with E-state index < -0.39 is 47.9 Å². The lowest BCUT2D eigenvalue weighted by atomic mass is 10.0. The first-order chi connectivity index (χ1) is 19.0. The van der Waals surface area contributed by atoms with Gasteiger partial charge in [0.25, 0.3) is 5.91 Å². The fourth-order valence-corrected chi connectivity index (χ4v) is 4.33. The monoisotopic (exact) mass is 546 g/mol. The minimum absolute atomic E-state index is 0.214. The predicted octanol–water partition coefficient (Wildman–Crippen LogP) is 4.92. The fourth-order valence-electron chi connectivity index (χ4n) is 4.33. The van der Waals surface area contributed by atoms with Crippen LogP contribution in [0.25, 0.3) is 10.8 Å². The third kappa shape index (κ3) is 8.56. The summed E-state index contributed by atoms with van der Waals surface area (Å²) in [6.45, 7) is 7.25. The Hall–Kier alpha value is -4.40. The second-order valence-corrected chi connectivity index (χ2v) is 10.6. The highest BCUT2D eigenvalue weighted by Gasteiger charge is 2.36. The van der Waals surface area contributed by atoms with Gasteiger partial charge in [-0.25, -0.2) is 4.79 Å². The third-order valence-corrected chi connectivity index (χ3v) is 6.12. The Balaban J connectivity index is 1.99. The van der Waals surface area contributed by atoms with Crippen LogP contribution in [0.5, 0.6) is 0 Å². The highest BCUT2D eigenvalue weighted by molar-refractivity contribution is 6.01. The molecule has 212 valence electrons. The van der Waals surface area contributed by atoms with Crippen LogP contribution in [0.2, 0.25) is 0 Å². The Morgan fingerprint density at radius 1 is 0.925 bits per heavy atom. The molecule has 9 nitrogen and oxygen atoms in total. The molecule has 4 N–H and O–H groups in total. The molecule has 4 amide bonds. The zero-order valence-corrected chi connectivity index (χ0v) is 23.5. The molecule has 0 saturated carbocycles. The largest absolute Gasteiger partial charge is 0.444 e. The molecule has 2 unspecified atom stereocenters. The quantitative estimate of drug-likeness (QED) is 0.314. The van der Waals surface area contributed by atoms with Crippen molar-refractivity contribution >= 4 is 40.3 Å². The summed E-state index contributed by atoms with van der Waals surface area (Å²) in [5, 5.41) is 7.44. The number of primary amides is 1. The van der Waals surface area contributed by atoms with Gasteiger partial charge in [-0.1, -0.05) is 74.0 Å². The number of amides is 4. The van der Waals surface area contributed by atoms with Gasteiger partial charge in [-0.05, 0) is 55.7 Å². The van der Waals surface area contributed by atoms with E-state index in [4.69, 9.17) is 10.5 Å². The molecule has 9 heteroatoms. The van der Waals surface area contributed by atoms with E-state index >= 15 is 0 Å². The van der Waals surface area contributed by atoms with Gasteiger partial charge in [0.05, 0.1) is 6.42 Å². The first kappa shape index (κ1) is 30.1. The Bertz CT molecular complexity index is 1340. The van der Waals surface area contributed by atoms with Crippen LogP contribution in [-0.2, 0) is 19.1 Å². The first-order valence-electron chi connectivity index (χ1n) is 13.4. The maximum absolute atomic E-state index is 14.0. The SMILES string of the molecule is CCCCN(C(=O)C(CC(N)=O)NC(=O)OC(C)(C)C)C(C(=O)Nc1ccc2ccccc2c1)c1ccccc1. The number of hydrogen-bond donors (Lipinski definition) is 3. The lowest BCUT2D eigenvalue weighted by Crippen LogP contribution is -2.53. The Labute approximate surface area is 235 Å². The van der Waals surface area contributed by atoms with Crippen molar-refractivity contribution in [2.24, 2.45) is 5.73 Å². The van der Waals surface area contributed by atoms with Gasteiger partial charge in [-0.15, -0.1) is 0 Å². The number of fused-ring (bicyclic) bond motifs is 1. The molecule has 0 radical (unpaired) electrons. The van der Waals surface area contributed by atoms with E-state index in [-0.39, 0.29) is 6.54 Å². The molecule has 0 spiro atoms. The summed E-state index contributed by atoms with van der Waals surface area (Å²) in [4.78, 5) is 53.8. The maximum atomic E-state index is 14.0. The van der Waals surface area contributed by atoms with Crippen LogP contribution < -0.4 is 16.4 Å². The van der Waals surface area contributed by atoms with Crippen LogP contribution in [0.3, 0.4) is 0 Å². The molecule has 3 rings (SSSR count). The number of carbonyl (C=O) groups is 4. The van der Waals surface area contributed by atoms with E-state index in [1.807, 2.05) is 49.4 Å². The van der Waals surface area contributed by atoms with Gasteiger partial charge in [0, 0.05) is 12.2 Å². The maximum Gasteiger partial charge on any atom is 0.408 e. The molecule has 40 heavy (non-hydrogen) atoms. The second kappa shape index (κ2) is 13.6. The van der Waals surface area contributed by atoms with Crippen molar-refractivity contribution < 1.29 is 23.9 Å². The predicted molar refractivity (Wildman–Crippen MR) is 155 cm³/mol. The van der Waals surface area contributed by atoms with E-state index in [1.165, 1.54) is 4.90 Å². The average molecular weight is 547 g/mol. The number of nitrogens with zero attached hydrogens (tertiary/aromatic N) is 1. The number of unbranched alkanes of at least 4 members (excludes halogenated alkanes) is 1. The van der Waals surface area contributed by atoms with Crippen molar-refractivity contribution in [2.45, 2.75) is 64.6 Å². The fraction of sp³-hybridized carbons (Fsp3) is 0.355. The van der Waals surface area contributed by atoms with E-state index in [1.54, 1.807) is 51.1 Å². The summed E-state index contributed by atoms with van der Waals surface area (Å²) in [6, 6.07) is 19.9. The van der Waals surface area contributed by atoms with Gasteiger partial charge in [0.2, 0.25) is 11.8 Å². The molecule has 0 saturated heterocycles. The summed E-state index contributed by atoms with van der Waals surface area (Å²) in [5.41, 5.74) is 5.79. The minimum Gasteiger partial charge on any atom is -0.444 e. The number of nitrogens with two attached hydrogens (primary N) is 1. The number of ether oxygens (including phenoxy) is 1. The smallest absolute Gasteiger partial charge is 0.408 e. The van der Waals surface area contributed by atoms with Crippen molar-refractivity contribution in [3.05, 3.63) is 78.4 Å². The molecular formula is C31H38N4O5. The van der Waals surface area contributed by atoms with E-state index in [0.29, 0.717) is 17.7 Å². The topological polar surface area (TPSA) is 131 Å². The number of rotatable bonds is 11. The van der Waals surface area contributed by atoms with Gasteiger partial charge in [0.1, 0.15) is 17.7 Å². The molecule has 0 aliphatic carbocycles. The van der Waals surface area contributed by atoms with Crippen LogP contribution in [0.15, 0.2) is 72.8 Å². The highest BCUT2D eigenvalue weighted by Crippen LogP contribution is 2.26. The van der Waals surface area contributed by atoms with Crippen molar-refractivity contribution in [3.8, 4) is 0 Å². The van der Waals surface area contributed by atoms with E-state index in [9.17, 15) is 19.2 Å². The molecular weight excluding hydrogens is 508 g/mol. The van der Waals surface area contributed by atoms with Crippen molar-refractivity contribution in [1.29, 1.82) is 0 Å². The van der Waals surface area contributed by atoms with Crippen molar-refractivity contribution in [1.82, 2.24) is 10.2 Å². The molecule has 3 aromatic rings. The molecule has 0 bridgehead atoms. The van der Waals surface area contributed by atoms with Crippen molar-refractivity contribution in [3.63, 3.8) is 0 Å². The van der Waals surface area contributed by atoms with Crippen LogP contribution in [-0.4, -0.2) is 46.9 Å². The van der Waals surface area contributed by atoms with E-state index in [2.05, 4.69) is 10.6 Å². The van der Waals surface area contributed by atoms with Crippen LogP contribution in [0.1, 0.15) is 58.6 Å². The van der Waals surface area contributed by atoms with Gasteiger partial charge in [0.15, 0.2) is 0 Å². The zero-order valence-electron chi connectivity index (χ0n) is 23.5. The lowest BCUT2D eigenvalue weighted by Gasteiger charge is -2.34. The lowest BCUT2D eigenvalue weighted by molar-refractivity contribution is -0.142.